The zero-order valence-electron chi connectivity index (χ0n) is 49.5. The molecular formula is C61H77F4N11O9S. The highest BCUT2D eigenvalue weighted by Crippen LogP contribution is 2.37. The average molecular weight is 1220 g/mol. The van der Waals surface area contributed by atoms with Crippen molar-refractivity contribution < 1.29 is 56.1 Å². The number of ether oxygens (including phenoxy) is 2. The molecule has 0 bridgehead atoms. The minimum Gasteiger partial charge on any atom is -0.391 e. The lowest BCUT2D eigenvalue weighted by atomic mass is 9.85. The van der Waals surface area contributed by atoms with Crippen molar-refractivity contribution in [1.29, 1.82) is 0 Å². The number of aromatic amines is 1. The zero-order valence-corrected chi connectivity index (χ0v) is 50.3. The van der Waals surface area contributed by atoms with Gasteiger partial charge in [-0.15, -0.1) is 11.3 Å². The van der Waals surface area contributed by atoms with Crippen LogP contribution in [-0.4, -0.2) is 187 Å². The summed E-state index contributed by atoms with van der Waals surface area (Å²) in [6.07, 6.45) is -5.10. The van der Waals surface area contributed by atoms with Gasteiger partial charge in [0.2, 0.25) is 29.2 Å². The Hall–Kier alpha value is -7.13. The Bertz CT molecular complexity index is 3250. The molecule has 5 aromatic rings. The zero-order chi connectivity index (χ0) is 62.0. The van der Waals surface area contributed by atoms with Crippen LogP contribution in [0.25, 0.3) is 21.6 Å². The number of rotatable bonds is 22. The summed E-state index contributed by atoms with van der Waals surface area (Å²) in [7, 11) is 2.01. The molecule has 1 unspecified atom stereocenters. The number of benzene rings is 3. The Balaban J connectivity index is 0.745. The van der Waals surface area contributed by atoms with Crippen molar-refractivity contribution in [2.75, 3.05) is 103 Å². The molecule has 86 heavy (non-hydrogen) atoms. The van der Waals surface area contributed by atoms with E-state index in [1.165, 1.54) is 11.0 Å². The van der Waals surface area contributed by atoms with E-state index in [2.05, 4.69) is 59.8 Å². The number of halogens is 4. The first-order chi connectivity index (χ1) is 40.8. The first-order valence-electron chi connectivity index (χ1n) is 28.8. The molecule has 25 heteroatoms. The first kappa shape index (κ1) is 64.9. The minimum atomic E-state index is -4.98. The van der Waals surface area contributed by atoms with E-state index in [0.717, 1.165) is 33.5 Å². The monoisotopic (exact) mass is 1220 g/mol. The maximum Gasteiger partial charge on any atom is 0.417 e. The third-order valence-corrected chi connectivity index (χ3v) is 16.9. The van der Waals surface area contributed by atoms with Gasteiger partial charge in [0.1, 0.15) is 31.1 Å². The molecule has 8 rings (SSSR count). The van der Waals surface area contributed by atoms with Crippen LogP contribution >= 0.6 is 11.3 Å². The minimum absolute atomic E-state index is 0.00543. The second-order valence-corrected chi connectivity index (χ2v) is 24.3. The van der Waals surface area contributed by atoms with Gasteiger partial charge in [-0.3, -0.25) is 43.5 Å². The standard InChI is InChI=1S/C61H77F4N11O9S/c1-37-30-75(31-38(2)72(37)7)50-15-13-43(25-49(50)70-57(81)46-29-67-52(78)27-47(46)61(63,64)65)45-24-41(10-14-48(45)62)32-74-20-18-73(19-21-74)17-16-66-53(79)34-84-22-23-85-35-54(80)71-56(60(4,5)6)59(83)76-33-44(77)26-51(76)58(82)68-28-40-8-11-42(12-9-40)55-39(3)69-36-86-55/h8-15,24-25,27,29,36-38,44,51,56,77H,16-23,26,28,30-35H2,1-7H3,(H,66,79)(H,67,78)(H,68,82)(H,70,81)(H,71,80)/t37-,38+,44-,51+,56?/m1/s1. The van der Waals surface area contributed by atoms with E-state index in [1.54, 1.807) is 68.0 Å². The van der Waals surface area contributed by atoms with Gasteiger partial charge in [0.25, 0.3) is 5.91 Å². The van der Waals surface area contributed by atoms with E-state index in [4.69, 9.17) is 9.47 Å². The lowest BCUT2D eigenvalue weighted by Gasteiger charge is -2.44. The fourth-order valence-corrected chi connectivity index (χ4v) is 11.7. The van der Waals surface area contributed by atoms with Gasteiger partial charge in [-0.1, -0.05) is 57.2 Å². The third-order valence-electron chi connectivity index (χ3n) is 15.9. The molecule has 5 heterocycles. The van der Waals surface area contributed by atoms with Gasteiger partial charge in [0, 0.05) is 108 Å². The van der Waals surface area contributed by atoms with Crippen LogP contribution in [0, 0.1) is 18.2 Å². The second kappa shape index (κ2) is 28.6. The number of hydrogen-bond acceptors (Lipinski definition) is 15. The summed E-state index contributed by atoms with van der Waals surface area (Å²) >= 11 is 1.55. The number of carbonyl (C=O) groups excluding carboxylic acids is 5. The number of hydrogen-bond donors (Lipinski definition) is 6. The summed E-state index contributed by atoms with van der Waals surface area (Å²) in [5, 5.41) is 21.8. The van der Waals surface area contributed by atoms with Gasteiger partial charge in [0.15, 0.2) is 0 Å². The second-order valence-electron chi connectivity index (χ2n) is 23.4. The molecule has 5 amide bonds. The number of pyridine rings is 1. The normalized spacial score (nSPS) is 19.3. The number of H-pyrrole nitrogens is 1. The van der Waals surface area contributed by atoms with Crippen molar-refractivity contribution in [2.45, 2.75) is 97.5 Å². The van der Waals surface area contributed by atoms with Gasteiger partial charge in [-0.25, -0.2) is 9.37 Å². The number of likely N-dealkylation sites (N-methyl/N-ethyl adjacent to an activating group) is 1. The topological polar surface area (TPSA) is 234 Å². The number of anilines is 2. The third kappa shape index (κ3) is 16.9. The number of aryl methyl sites for hydroxylation is 1. The molecule has 5 atom stereocenters. The van der Waals surface area contributed by atoms with Crippen molar-refractivity contribution in [2.24, 2.45) is 5.41 Å². The van der Waals surface area contributed by atoms with Crippen LogP contribution in [0.1, 0.15) is 73.8 Å². The molecule has 3 aliphatic rings. The highest BCUT2D eigenvalue weighted by molar-refractivity contribution is 7.13. The number of carbonyl (C=O) groups is 5. The largest absolute Gasteiger partial charge is 0.417 e. The molecular weight excluding hydrogens is 1140 g/mol. The van der Waals surface area contributed by atoms with Crippen molar-refractivity contribution in [1.82, 2.24) is 45.5 Å². The predicted octanol–water partition coefficient (Wildman–Crippen LogP) is 5.49. The number of thiazole rings is 1. The SMILES string of the molecule is Cc1ncsc1-c1ccc(CNC(=O)[C@@H]2C[C@@H](O)CN2C(=O)C(NC(=O)COCCOCC(=O)NCCN2CCN(Cc3ccc(F)c(-c4ccc(N5C[C@@H](C)N(C)[C@@H](C)C5)c(NC(=O)c5c[nH]c(=O)cc5C(F)(F)F)c4)c3)CC2)C(C)(C)C)cc1. The maximum absolute atomic E-state index is 15.8. The molecule has 0 radical (unpaired) electrons. The molecule has 0 aliphatic carbocycles. The lowest BCUT2D eigenvalue weighted by molar-refractivity contribution is -0.144. The molecule has 0 saturated carbocycles. The van der Waals surface area contributed by atoms with Crippen molar-refractivity contribution in [3.8, 4) is 21.6 Å². The fourth-order valence-electron chi connectivity index (χ4n) is 10.9. The molecule has 3 aliphatic heterocycles. The molecule has 0 spiro atoms. The molecule has 3 saturated heterocycles. The Morgan fingerprint density at radius 2 is 1.49 bits per heavy atom. The number of amides is 5. The quantitative estimate of drug-likeness (QED) is 0.0372. The van der Waals surface area contributed by atoms with Crippen LogP contribution < -0.4 is 31.7 Å². The van der Waals surface area contributed by atoms with E-state index >= 15 is 4.39 Å². The predicted molar refractivity (Wildman–Crippen MR) is 319 cm³/mol. The Morgan fingerprint density at radius 1 is 0.837 bits per heavy atom. The summed E-state index contributed by atoms with van der Waals surface area (Å²) in [6, 6.07) is 16.2. The van der Waals surface area contributed by atoms with Gasteiger partial charge in [0.05, 0.1) is 57.9 Å². The Morgan fingerprint density at radius 3 is 2.14 bits per heavy atom. The number of piperazine rings is 2. The highest BCUT2D eigenvalue weighted by Gasteiger charge is 2.45. The van der Waals surface area contributed by atoms with Crippen LogP contribution in [0.5, 0.6) is 0 Å². The number of alkyl halides is 3. The molecule has 3 fully saturated rings. The van der Waals surface area contributed by atoms with Gasteiger partial charge in [-0.2, -0.15) is 13.2 Å². The van der Waals surface area contributed by atoms with Crippen molar-refractivity contribution in [3.05, 3.63) is 123 Å². The van der Waals surface area contributed by atoms with E-state index in [1.807, 2.05) is 43.1 Å². The van der Waals surface area contributed by atoms with E-state index in [-0.39, 0.29) is 75.2 Å². The highest BCUT2D eigenvalue weighted by atomic mass is 32.1. The number of aromatic nitrogens is 2. The number of likely N-dealkylation sites (tertiary alicyclic amines) is 1. The Kier molecular flexibility index (Phi) is 21.6. The smallest absolute Gasteiger partial charge is 0.391 e. The molecule has 6 N–H and O–H groups in total. The van der Waals surface area contributed by atoms with E-state index in [9.17, 15) is 47.0 Å². The first-order valence-corrected chi connectivity index (χ1v) is 29.6. The maximum atomic E-state index is 15.8. The van der Waals surface area contributed by atoms with E-state index < -0.39 is 75.9 Å². The Labute approximate surface area is 501 Å². The summed E-state index contributed by atoms with van der Waals surface area (Å²) in [5.41, 5.74) is 2.92. The summed E-state index contributed by atoms with van der Waals surface area (Å²) in [6.45, 7) is 16.4. The molecule has 20 nitrogen and oxygen atoms in total. The molecule has 3 aromatic carbocycles. The molecule has 464 valence electrons. The van der Waals surface area contributed by atoms with Gasteiger partial charge in [-0.05, 0) is 79.8 Å². The number of aliphatic hydroxyl groups excluding tert-OH is 1. The number of β-amino-alcohol motifs (C(OH)–C–C–N with tert-alkyl or cyclic N) is 1. The van der Waals surface area contributed by atoms with Crippen LogP contribution in [0.3, 0.4) is 0 Å². The average Bonchev–Trinajstić information content (AvgIpc) is 3.70. The van der Waals surface area contributed by atoms with Crippen LogP contribution in [0.4, 0.5) is 28.9 Å². The number of nitrogens with one attached hydrogen (secondary N) is 5. The van der Waals surface area contributed by atoms with Crippen LogP contribution in [-0.2, 0) is 47.9 Å². The summed E-state index contributed by atoms with van der Waals surface area (Å²) in [4.78, 5) is 96.3. The molecule has 2 aromatic heterocycles. The van der Waals surface area contributed by atoms with E-state index in [0.29, 0.717) is 76.2 Å². The van der Waals surface area contributed by atoms with Gasteiger partial charge < -0.3 is 50.6 Å². The van der Waals surface area contributed by atoms with Crippen LogP contribution in [0.2, 0.25) is 0 Å². The van der Waals surface area contributed by atoms with Crippen molar-refractivity contribution >= 4 is 52.2 Å². The number of aliphatic hydroxyl groups is 1. The fraction of sp³-hybridized carbons (Fsp3) is 0.492. The lowest BCUT2D eigenvalue weighted by Crippen LogP contribution is -2.58. The summed E-state index contributed by atoms with van der Waals surface area (Å²) in [5.74, 6) is -3.41. The number of nitrogens with zero attached hydrogens (tertiary/aromatic N) is 6. The van der Waals surface area contributed by atoms with Crippen LogP contribution in [0.15, 0.2) is 83.2 Å². The summed E-state index contributed by atoms with van der Waals surface area (Å²) < 4.78 is 68.9. The van der Waals surface area contributed by atoms with Crippen molar-refractivity contribution in [3.63, 3.8) is 0 Å². The van der Waals surface area contributed by atoms with Gasteiger partial charge >= 0.3 is 6.18 Å².